The monoisotopic (exact) mass is 818 g/mol. The first-order chi connectivity index (χ1) is 27.8. The average molecular weight is 819 g/mol. The van der Waals surface area contributed by atoms with Crippen molar-refractivity contribution in [1.82, 2.24) is 31.6 Å². The Morgan fingerprint density at radius 2 is 1.22 bits per heavy atom. The highest BCUT2D eigenvalue weighted by Gasteiger charge is 2.34. The fourth-order valence-corrected chi connectivity index (χ4v) is 6.82. The Morgan fingerprint density at radius 3 is 1.86 bits per heavy atom. The number of hydrogen-bond acceptors (Lipinski definition) is 12. The van der Waals surface area contributed by atoms with Crippen molar-refractivity contribution in [2.75, 3.05) is 26.2 Å². The Bertz CT molecular complexity index is 1400. The number of Topliss-reactive ketones (excluding diaryl/α,β-unsaturated/α-hetero) is 1. The highest BCUT2D eigenvalue weighted by atomic mass is 16.7. The van der Waals surface area contributed by atoms with Crippen LogP contribution in [-0.2, 0) is 48.0 Å². The summed E-state index contributed by atoms with van der Waals surface area (Å²) in [7, 11) is 0. The van der Waals surface area contributed by atoms with Crippen molar-refractivity contribution in [2.45, 2.75) is 159 Å². The van der Waals surface area contributed by atoms with Crippen molar-refractivity contribution in [3.05, 3.63) is 0 Å². The largest absolute Gasteiger partial charge is 0.369 e. The molecule has 1 saturated heterocycles. The molecule has 18 heteroatoms. The molecular formula is C40H66N8O10. The van der Waals surface area contributed by atoms with Crippen molar-refractivity contribution in [3.8, 4) is 0 Å². The second kappa shape index (κ2) is 26.5. The van der Waals surface area contributed by atoms with E-state index in [-0.39, 0.29) is 92.2 Å². The number of ketones is 1. The Balaban J connectivity index is 1.30. The predicted molar refractivity (Wildman–Crippen MR) is 211 cm³/mol. The standard InChI is InChI=1S/C40H66N8O10/c41-38(55)30(27-16-17-27)10-1-5-25-45-40(57)32(12-3-6-24-44-33(50)13-8-15-37(54)58-48-35(52)20-21-36(48)53)47-34(51)14-7-9-29(49)22-26-43-23-4-2-11-31(39(42)56)46-28-18-19-28/h27-28,30-32,43,46H,1-26H2,(H2,41,55)(H2,42,56)(H,44,50)(H,45,57)(H,47,51)/t30-,31-,32+/m1/s1. The zero-order chi connectivity index (χ0) is 42.3. The minimum atomic E-state index is -0.809. The number of rotatable bonds is 34. The fraction of sp³-hybridized carbons (Fsp3) is 0.775. The van der Waals surface area contributed by atoms with E-state index in [1.807, 2.05) is 0 Å². The van der Waals surface area contributed by atoms with Crippen LogP contribution in [0.1, 0.15) is 141 Å². The highest BCUT2D eigenvalue weighted by Crippen LogP contribution is 2.39. The molecule has 9 N–H and O–H groups in total. The maximum Gasteiger partial charge on any atom is 0.333 e. The summed E-state index contributed by atoms with van der Waals surface area (Å²) in [5.41, 5.74) is 11.0. The third-order valence-electron chi connectivity index (χ3n) is 10.6. The molecule has 0 bridgehead atoms. The molecule has 326 valence electrons. The summed E-state index contributed by atoms with van der Waals surface area (Å²) >= 11 is 0. The van der Waals surface area contributed by atoms with Crippen LogP contribution in [0.3, 0.4) is 0 Å². The Kier molecular flexibility index (Phi) is 21.9. The zero-order valence-corrected chi connectivity index (χ0v) is 34.0. The number of nitrogens with zero attached hydrogens (tertiary/aromatic N) is 1. The number of carbonyl (C=O) groups is 9. The maximum absolute atomic E-state index is 13.2. The van der Waals surface area contributed by atoms with Crippen LogP contribution in [0, 0.1) is 11.8 Å². The number of primary amides is 2. The number of carbonyl (C=O) groups excluding carboxylic acids is 9. The molecule has 0 unspecified atom stereocenters. The van der Waals surface area contributed by atoms with Gasteiger partial charge in [-0.3, -0.25) is 38.4 Å². The lowest BCUT2D eigenvalue weighted by Crippen LogP contribution is -2.47. The van der Waals surface area contributed by atoms with Gasteiger partial charge in [-0.25, -0.2) is 4.79 Å². The highest BCUT2D eigenvalue weighted by molar-refractivity contribution is 6.01. The molecule has 0 aromatic carbocycles. The molecule has 2 saturated carbocycles. The van der Waals surface area contributed by atoms with Crippen LogP contribution < -0.4 is 38.1 Å². The predicted octanol–water partition coefficient (Wildman–Crippen LogP) is 0.829. The molecule has 18 nitrogen and oxygen atoms in total. The molecule has 0 radical (unpaired) electrons. The van der Waals surface area contributed by atoms with Gasteiger partial charge in [0.05, 0.1) is 6.04 Å². The van der Waals surface area contributed by atoms with Gasteiger partial charge >= 0.3 is 5.97 Å². The van der Waals surface area contributed by atoms with Crippen molar-refractivity contribution in [1.29, 1.82) is 0 Å². The lowest BCUT2D eigenvalue weighted by Gasteiger charge is -2.19. The van der Waals surface area contributed by atoms with Gasteiger partial charge < -0.3 is 42.9 Å². The summed E-state index contributed by atoms with van der Waals surface area (Å²) in [5, 5.41) is 15.5. The van der Waals surface area contributed by atoms with Crippen molar-refractivity contribution >= 4 is 53.1 Å². The van der Waals surface area contributed by atoms with Gasteiger partial charge in [0.2, 0.25) is 29.5 Å². The number of nitrogens with two attached hydrogens (primary N) is 2. The van der Waals surface area contributed by atoms with E-state index < -0.39 is 23.8 Å². The number of imide groups is 1. The fourth-order valence-electron chi connectivity index (χ4n) is 6.82. The van der Waals surface area contributed by atoms with E-state index in [0.29, 0.717) is 88.0 Å². The lowest BCUT2D eigenvalue weighted by atomic mass is 9.96. The third-order valence-corrected chi connectivity index (χ3v) is 10.6. The summed E-state index contributed by atoms with van der Waals surface area (Å²) in [6.45, 7) is 1.94. The summed E-state index contributed by atoms with van der Waals surface area (Å²) < 4.78 is 0. The molecule has 0 spiro atoms. The topological polar surface area (TPSA) is 278 Å². The van der Waals surface area contributed by atoms with E-state index in [0.717, 1.165) is 51.5 Å². The summed E-state index contributed by atoms with van der Waals surface area (Å²) in [5.74, 6) is -3.20. The van der Waals surface area contributed by atoms with Crippen LogP contribution in [0.25, 0.3) is 0 Å². The molecule has 1 heterocycles. The van der Waals surface area contributed by atoms with Crippen LogP contribution in [-0.4, -0.2) is 102 Å². The maximum atomic E-state index is 13.2. The molecule has 3 fully saturated rings. The molecule has 3 aliphatic rings. The van der Waals surface area contributed by atoms with E-state index in [4.69, 9.17) is 16.3 Å². The smallest absolute Gasteiger partial charge is 0.333 e. The van der Waals surface area contributed by atoms with Gasteiger partial charge in [0.25, 0.3) is 11.8 Å². The molecule has 2 aliphatic carbocycles. The van der Waals surface area contributed by atoms with Crippen molar-refractivity contribution < 1.29 is 48.0 Å². The molecule has 0 aromatic heterocycles. The normalized spacial score (nSPS) is 16.7. The summed E-state index contributed by atoms with van der Waals surface area (Å²) in [4.78, 5) is 114. The van der Waals surface area contributed by atoms with E-state index in [1.54, 1.807) is 0 Å². The quantitative estimate of drug-likeness (QED) is 0.0351. The Morgan fingerprint density at radius 1 is 0.621 bits per heavy atom. The van der Waals surface area contributed by atoms with Gasteiger partial charge in [-0.1, -0.05) is 12.8 Å². The van der Waals surface area contributed by atoms with Crippen LogP contribution in [0.4, 0.5) is 0 Å². The molecular weight excluding hydrogens is 752 g/mol. The number of hydroxylamine groups is 2. The number of hydrogen-bond donors (Lipinski definition) is 7. The number of amides is 7. The third kappa shape index (κ3) is 20.3. The van der Waals surface area contributed by atoms with Crippen LogP contribution in [0.5, 0.6) is 0 Å². The van der Waals surface area contributed by atoms with Gasteiger partial charge in [-0.15, -0.1) is 5.06 Å². The van der Waals surface area contributed by atoms with Gasteiger partial charge in [0, 0.05) is 76.5 Å². The number of nitrogens with one attached hydrogen (secondary N) is 5. The summed E-state index contributed by atoms with van der Waals surface area (Å²) in [6, 6.07) is -0.694. The van der Waals surface area contributed by atoms with Crippen molar-refractivity contribution in [3.63, 3.8) is 0 Å². The minimum absolute atomic E-state index is 0.00224. The van der Waals surface area contributed by atoms with Crippen LogP contribution in [0.2, 0.25) is 0 Å². The SMILES string of the molecule is NC(=O)[C@@H](CCCCNCCC(=O)CCCC(=O)N[C@@H](CCCCNC(=O)CCCC(=O)ON1C(=O)CCC1=O)C(=O)NCCCC[C@@H](C(N)=O)C1CC1)NC1CC1. The van der Waals surface area contributed by atoms with E-state index in [1.165, 1.54) is 0 Å². The van der Waals surface area contributed by atoms with Crippen LogP contribution >= 0.6 is 0 Å². The van der Waals surface area contributed by atoms with E-state index in [2.05, 4.69) is 26.6 Å². The van der Waals surface area contributed by atoms with E-state index >= 15 is 0 Å². The Hall–Kier alpha value is -4.45. The second-order valence-electron chi connectivity index (χ2n) is 15.8. The Labute approximate surface area is 341 Å². The van der Waals surface area contributed by atoms with Crippen molar-refractivity contribution in [2.24, 2.45) is 23.3 Å². The average Bonchev–Trinajstić information content (AvgIpc) is 4.12. The van der Waals surface area contributed by atoms with E-state index in [9.17, 15) is 43.2 Å². The molecule has 0 aromatic rings. The first kappa shape index (κ1) is 47.9. The lowest BCUT2D eigenvalue weighted by molar-refractivity contribution is -0.197. The van der Waals surface area contributed by atoms with Gasteiger partial charge in [0.15, 0.2) is 0 Å². The van der Waals surface area contributed by atoms with Gasteiger partial charge in [0.1, 0.15) is 11.8 Å². The second-order valence-corrected chi connectivity index (χ2v) is 15.8. The first-order valence-electron chi connectivity index (χ1n) is 21.3. The molecule has 1 aliphatic heterocycles. The number of unbranched alkanes of at least 4 members (excludes halogenated alkanes) is 3. The molecule has 7 amide bonds. The molecule has 3 rings (SSSR count). The first-order valence-corrected chi connectivity index (χ1v) is 21.3. The van der Waals surface area contributed by atoms with Crippen LogP contribution in [0.15, 0.2) is 0 Å². The van der Waals surface area contributed by atoms with Gasteiger partial charge in [-0.2, -0.15) is 0 Å². The summed E-state index contributed by atoms with van der Waals surface area (Å²) in [6.07, 6.45) is 11.1. The molecule has 3 atom stereocenters. The molecule has 58 heavy (non-hydrogen) atoms. The minimum Gasteiger partial charge on any atom is -0.369 e. The zero-order valence-electron chi connectivity index (χ0n) is 34.0. The van der Waals surface area contributed by atoms with Gasteiger partial charge in [-0.05, 0) is 95.9 Å².